The molecule has 3 amide bonds. The molecule has 0 saturated heterocycles. The maximum absolute atomic E-state index is 12.5. The average Bonchev–Trinajstić information content (AvgIpc) is 2.88. The Bertz CT molecular complexity index is 769. The van der Waals surface area contributed by atoms with Crippen LogP contribution in [0.2, 0.25) is 0 Å². The van der Waals surface area contributed by atoms with E-state index in [-0.39, 0.29) is 38.1 Å². The normalized spacial score (nSPS) is 13.4. The number of imide groups is 1. The number of carbonyl (C=O) groups is 4. The number of nitrogens with zero attached hydrogens (tertiary/aromatic N) is 2. The summed E-state index contributed by atoms with van der Waals surface area (Å²) in [7, 11) is 0. The number of ether oxygens (including phenoxy) is 2. The van der Waals surface area contributed by atoms with Gasteiger partial charge >= 0.3 is 12.2 Å². The molecule has 0 fully saturated rings. The molecule has 0 aromatic heterocycles. The van der Waals surface area contributed by atoms with Crippen LogP contribution in [0.5, 0.6) is 0 Å². The van der Waals surface area contributed by atoms with Crippen molar-refractivity contribution < 1.29 is 33.8 Å². The topological polar surface area (TPSA) is 125 Å². The molecule has 0 saturated carbocycles. The van der Waals surface area contributed by atoms with Crippen molar-refractivity contribution in [3.63, 3.8) is 0 Å². The van der Waals surface area contributed by atoms with Gasteiger partial charge in [0.15, 0.2) is 0 Å². The number of hydrogen-bond donors (Lipinski definition) is 2. The predicted octanol–water partition coefficient (Wildman–Crippen LogP) is 1.80. The van der Waals surface area contributed by atoms with Gasteiger partial charge in [-0.1, -0.05) is 12.1 Å². The van der Waals surface area contributed by atoms with E-state index in [4.69, 9.17) is 9.84 Å². The summed E-state index contributed by atoms with van der Waals surface area (Å²) in [4.78, 5) is 50.3. The molecule has 30 heavy (non-hydrogen) atoms. The molecule has 0 atom stereocenters. The van der Waals surface area contributed by atoms with E-state index in [0.29, 0.717) is 24.2 Å². The molecular formula is C20H27N3O7. The lowest BCUT2D eigenvalue weighted by Gasteiger charge is -2.25. The second-order valence-electron chi connectivity index (χ2n) is 7.69. The minimum Gasteiger partial charge on any atom is -0.450 e. The second-order valence-corrected chi connectivity index (χ2v) is 7.69. The molecule has 0 spiro atoms. The molecule has 1 aromatic rings. The fourth-order valence-electron chi connectivity index (χ4n) is 2.91. The van der Waals surface area contributed by atoms with Gasteiger partial charge in [-0.3, -0.25) is 19.4 Å². The van der Waals surface area contributed by atoms with Gasteiger partial charge in [0, 0.05) is 32.7 Å². The van der Waals surface area contributed by atoms with Crippen LogP contribution in [0.25, 0.3) is 0 Å². The predicted molar refractivity (Wildman–Crippen MR) is 106 cm³/mol. The van der Waals surface area contributed by atoms with Gasteiger partial charge in [-0.25, -0.2) is 9.59 Å². The minimum absolute atomic E-state index is 0.0795. The summed E-state index contributed by atoms with van der Waals surface area (Å²) in [6, 6.07) is 6.62. The molecule has 164 valence electrons. The molecule has 0 unspecified atom stereocenters. The van der Waals surface area contributed by atoms with Gasteiger partial charge in [-0.05, 0) is 32.9 Å². The number of benzene rings is 1. The molecule has 1 aromatic carbocycles. The lowest BCUT2D eigenvalue weighted by Crippen LogP contribution is -2.43. The van der Waals surface area contributed by atoms with Gasteiger partial charge in [-0.15, -0.1) is 0 Å². The number of fused-ring (bicyclic) bond motifs is 1. The quantitative estimate of drug-likeness (QED) is 0.457. The van der Waals surface area contributed by atoms with Crippen molar-refractivity contribution in [2.24, 2.45) is 0 Å². The van der Waals surface area contributed by atoms with Crippen molar-refractivity contribution in [2.45, 2.75) is 26.4 Å². The molecule has 0 aliphatic carbocycles. The summed E-state index contributed by atoms with van der Waals surface area (Å²) in [6.07, 6.45) is -1.95. The summed E-state index contributed by atoms with van der Waals surface area (Å²) < 4.78 is 9.71. The van der Waals surface area contributed by atoms with Crippen molar-refractivity contribution in [1.29, 1.82) is 0 Å². The molecule has 0 bridgehead atoms. The minimum atomic E-state index is -1.39. The molecule has 0 radical (unpaired) electrons. The van der Waals surface area contributed by atoms with Crippen LogP contribution in [0, 0.1) is 0 Å². The molecule has 1 heterocycles. The Kier molecular flexibility index (Phi) is 7.76. The Morgan fingerprint density at radius 1 is 1.07 bits per heavy atom. The van der Waals surface area contributed by atoms with Gasteiger partial charge in [0.1, 0.15) is 12.2 Å². The number of alkyl carbamates (subject to hydrolysis) is 1. The van der Waals surface area contributed by atoms with E-state index in [1.54, 1.807) is 49.9 Å². The van der Waals surface area contributed by atoms with Crippen molar-refractivity contribution in [3.05, 3.63) is 35.4 Å². The number of rotatable bonds is 9. The molecular weight excluding hydrogens is 394 g/mol. The van der Waals surface area contributed by atoms with E-state index in [2.05, 4.69) is 10.1 Å². The van der Waals surface area contributed by atoms with Crippen LogP contribution in [0.4, 0.5) is 9.59 Å². The maximum atomic E-state index is 12.5. The summed E-state index contributed by atoms with van der Waals surface area (Å²) in [5, 5.41) is 11.3. The van der Waals surface area contributed by atoms with Gasteiger partial charge in [-0.2, -0.15) is 0 Å². The molecule has 2 N–H and O–H groups in total. The zero-order valence-electron chi connectivity index (χ0n) is 17.3. The second kappa shape index (κ2) is 10.1. The number of hydrogen-bond acceptors (Lipinski definition) is 7. The zero-order valence-corrected chi connectivity index (χ0v) is 17.3. The molecule has 10 nitrogen and oxygen atoms in total. The first kappa shape index (κ1) is 23.1. The Balaban J connectivity index is 1.90. The highest BCUT2D eigenvalue weighted by Crippen LogP contribution is 2.22. The number of amides is 3. The number of carboxylic acid groups (broad SMARTS) is 1. The summed E-state index contributed by atoms with van der Waals surface area (Å²) in [6.45, 7) is 6.44. The van der Waals surface area contributed by atoms with Gasteiger partial charge in [0.25, 0.3) is 11.8 Å². The first-order valence-electron chi connectivity index (χ1n) is 9.58. The smallest absolute Gasteiger partial charge is 0.450 e. The van der Waals surface area contributed by atoms with Crippen molar-refractivity contribution in [2.75, 3.05) is 39.3 Å². The lowest BCUT2D eigenvalue weighted by molar-refractivity contribution is 0.0519. The van der Waals surface area contributed by atoms with E-state index in [1.165, 1.54) is 0 Å². The SMILES string of the molecule is CC(C)(C)OC(=O)NCCN(CCOC(=O)O)CCN1C(=O)c2ccccc2C1=O. The van der Waals surface area contributed by atoms with Crippen LogP contribution in [-0.2, 0) is 9.47 Å². The average molecular weight is 421 g/mol. The van der Waals surface area contributed by atoms with Gasteiger partial charge in [0.05, 0.1) is 11.1 Å². The molecule has 1 aliphatic heterocycles. The molecule has 2 rings (SSSR count). The van der Waals surface area contributed by atoms with Gasteiger partial charge < -0.3 is 19.9 Å². The Hall–Kier alpha value is -3.14. The maximum Gasteiger partial charge on any atom is 0.505 e. The van der Waals surface area contributed by atoms with Crippen molar-refractivity contribution in [1.82, 2.24) is 15.1 Å². The first-order valence-corrected chi connectivity index (χ1v) is 9.58. The number of nitrogens with one attached hydrogen (secondary N) is 1. The van der Waals surface area contributed by atoms with Crippen LogP contribution >= 0.6 is 0 Å². The fraction of sp³-hybridized carbons (Fsp3) is 0.500. The van der Waals surface area contributed by atoms with Crippen LogP contribution in [0.1, 0.15) is 41.5 Å². The van der Waals surface area contributed by atoms with Crippen LogP contribution in [0.3, 0.4) is 0 Å². The van der Waals surface area contributed by atoms with Gasteiger partial charge in [0.2, 0.25) is 0 Å². The largest absolute Gasteiger partial charge is 0.505 e. The summed E-state index contributed by atoms with van der Waals surface area (Å²) >= 11 is 0. The summed E-state index contributed by atoms with van der Waals surface area (Å²) in [5.41, 5.74) is 0.120. The first-order chi connectivity index (χ1) is 14.1. The highest BCUT2D eigenvalue weighted by Gasteiger charge is 2.34. The zero-order chi connectivity index (χ0) is 22.3. The third-order valence-corrected chi connectivity index (χ3v) is 4.25. The Morgan fingerprint density at radius 3 is 2.20 bits per heavy atom. The monoisotopic (exact) mass is 421 g/mol. The van der Waals surface area contributed by atoms with Crippen LogP contribution in [0.15, 0.2) is 24.3 Å². The Labute approximate surface area is 174 Å². The fourth-order valence-corrected chi connectivity index (χ4v) is 2.91. The van der Waals surface area contributed by atoms with E-state index in [1.807, 2.05) is 0 Å². The van der Waals surface area contributed by atoms with E-state index >= 15 is 0 Å². The van der Waals surface area contributed by atoms with Crippen molar-refractivity contribution >= 4 is 24.1 Å². The highest BCUT2D eigenvalue weighted by atomic mass is 16.7. The van der Waals surface area contributed by atoms with E-state index < -0.39 is 17.8 Å². The Morgan fingerprint density at radius 2 is 1.67 bits per heavy atom. The van der Waals surface area contributed by atoms with Crippen LogP contribution < -0.4 is 5.32 Å². The van der Waals surface area contributed by atoms with Crippen molar-refractivity contribution in [3.8, 4) is 0 Å². The lowest BCUT2D eigenvalue weighted by atomic mass is 10.1. The van der Waals surface area contributed by atoms with E-state index in [9.17, 15) is 19.2 Å². The molecule has 1 aliphatic rings. The third-order valence-electron chi connectivity index (χ3n) is 4.25. The third kappa shape index (κ3) is 6.73. The number of carbonyl (C=O) groups excluding carboxylic acids is 3. The highest BCUT2D eigenvalue weighted by molar-refractivity contribution is 6.21. The standard InChI is InChI=1S/C20H27N3O7/c1-20(2,3)30-18(26)21-8-9-22(12-13-29-19(27)28)10-11-23-16(24)14-6-4-5-7-15(14)17(23)25/h4-7H,8-13H2,1-3H3,(H,21,26)(H,27,28). The van der Waals surface area contributed by atoms with E-state index in [0.717, 1.165) is 4.90 Å². The summed E-state index contributed by atoms with van der Waals surface area (Å²) in [5.74, 6) is -0.714. The van der Waals surface area contributed by atoms with Crippen LogP contribution in [-0.4, -0.2) is 83.9 Å². The molecule has 10 heteroatoms.